The largest absolute Gasteiger partial charge is 0.448 e. The first-order valence-corrected chi connectivity index (χ1v) is 4.12. The van der Waals surface area contributed by atoms with E-state index in [-0.39, 0.29) is 0 Å². The molecule has 0 atom stereocenters. The van der Waals surface area contributed by atoms with Gasteiger partial charge in [-0.3, -0.25) is 4.90 Å². The van der Waals surface area contributed by atoms with Gasteiger partial charge in [0.15, 0.2) is 6.39 Å². The van der Waals surface area contributed by atoms with Gasteiger partial charge in [0.1, 0.15) is 5.76 Å². The first-order valence-electron chi connectivity index (χ1n) is 4.12. The molecular formula is C8H13N3O. The predicted molar refractivity (Wildman–Crippen MR) is 44.5 cm³/mol. The second-order valence-corrected chi connectivity index (χ2v) is 3.31. The molecule has 4 heteroatoms. The van der Waals surface area contributed by atoms with Gasteiger partial charge >= 0.3 is 0 Å². The molecule has 1 aliphatic rings. The molecule has 1 aromatic rings. The minimum Gasteiger partial charge on any atom is -0.448 e. The van der Waals surface area contributed by atoms with Crippen LogP contribution in [0.3, 0.4) is 0 Å². The van der Waals surface area contributed by atoms with Gasteiger partial charge in [0, 0.05) is 25.7 Å². The molecule has 2 N–H and O–H groups in total. The van der Waals surface area contributed by atoms with Crippen molar-refractivity contribution in [1.29, 1.82) is 0 Å². The molecule has 0 radical (unpaired) electrons. The summed E-state index contributed by atoms with van der Waals surface area (Å²) in [5, 5.41) is 0. The van der Waals surface area contributed by atoms with Crippen molar-refractivity contribution in [1.82, 2.24) is 9.88 Å². The Morgan fingerprint density at radius 2 is 2.50 bits per heavy atom. The highest BCUT2D eigenvalue weighted by Gasteiger charge is 2.23. The van der Waals surface area contributed by atoms with Gasteiger partial charge < -0.3 is 10.2 Å². The lowest BCUT2D eigenvalue weighted by molar-refractivity contribution is 0.140. The quantitative estimate of drug-likeness (QED) is 0.680. The van der Waals surface area contributed by atoms with Gasteiger partial charge in [0.25, 0.3) is 0 Å². The number of hydrogen-bond acceptors (Lipinski definition) is 4. The minimum atomic E-state index is 0.359. The van der Waals surface area contributed by atoms with Crippen LogP contribution in [0.5, 0.6) is 0 Å². The summed E-state index contributed by atoms with van der Waals surface area (Å²) in [5.41, 5.74) is 6.68. The Morgan fingerprint density at radius 1 is 1.75 bits per heavy atom. The van der Waals surface area contributed by atoms with E-state index in [0.717, 1.165) is 31.1 Å². The zero-order valence-corrected chi connectivity index (χ0v) is 7.16. The average molecular weight is 167 g/mol. The number of aryl methyl sites for hydroxylation is 1. The van der Waals surface area contributed by atoms with Crippen LogP contribution in [0.1, 0.15) is 11.5 Å². The van der Waals surface area contributed by atoms with Crippen molar-refractivity contribution < 1.29 is 4.42 Å². The molecular weight excluding hydrogens is 154 g/mol. The van der Waals surface area contributed by atoms with E-state index in [4.69, 9.17) is 10.2 Å². The summed E-state index contributed by atoms with van der Waals surface area (Å²) < 4.78 is 5.09. The van der Waals surface area contributed by atoms with E-state index in [1.54, 1.807) is 0 Å². The number of aromatic nitrogens is 1. The van der Waals surface area contributed by atoms with Gasteiger partial charge in [0.05, 0.1) is 5.69 Å². The molecule has 12 heavy (non-hydrogen) atoms. The number of nitrogens with zero attached hydrogens (tertiary/aromatic N) is 2. The molecule has 1 aromatic heterocycles. The van der Waals surface area contributed by atoms with Crippen LogP contribution in [-0.4, -0.2) is 29.0 Å². The van der Waals surface area contributed by atoms with Crippen LogP contribution in [0, 0.1) is 6.92 Å². The molecule has 0 aromatic carbocycles. The maximum atomic E-state index is 5.65. The first-order chi connectivity index (χ1) is 5.75. The summed E-state index contributed by atoms with van der Waals surface area (Å²) in [6, 6.07) is 0.359. The molecule has 4 nitrogen and oxygen atoms in total. The Hall–Kier alpha value is -0.870. The zero-order chi connectivity index (χ0) is 8.55. The third-order valence-corrected chi connectivity index (χ3v) is 2.20. The molecule has 0 unspecified atom stereocenters. The van der Waals surface area contributed by atoms with Crippen LogP contribution < -0.4 is 5.73 Å². The van der Waals surface area contributed by atoms with E-state index in [2.05, 4.69) is 9.88 Å². The van der Waals surface area contributed by atoms with Crippen LogP contribution in [0.2, 0.25) is 0 Å². The number of rotatable bonds is 2. The normalized spacial score (nSPS) is 19.5. The monoisotopic (exact) mass is 167 g/mol. The molecule has 0 amide bonds. The Bertz CT molecular complexity index is 265. The highest BCUT2D eigenvalue weighted by molar-refractivity contribution is 5.05. The molecule has 0 spiro atoms. The van der Waals surface area contributed by atoms with Crippen molar-refractivity contribution in [2.75, 3.05) is 13.1 Å². The van der Waals surface area contributed by atoms with Crippen molar-refractivity contribution in [2.45, 2.75) is 19.5 Å². The maximum absolute atomic E-state index is 5.65. The van der Waals surface area contributed by atoms with Crippen molar-refractivity contribution in [3.8, 4) is 0 Å². The van der Waals surface area contributed by atoms with Crippen LogP contribution >= 0.6 is 0 Å². The SMILES string of the molecule is Cc1ocnc1CN1CC(N)C1. The third kappa shape index (κ3) is 1.35. The Kier molecular flexibility index (Phi) is 1.86. The van der Waals surface area contributed by atoms with E-state index >= 15 is 0 Å². The van der Waals surface area contributed by atoms with E-state index in [9.17, 15) is 0 Å². The van der Waals surface area contributed by atoms with E-state index in [0.29, 0.717) is 6.04 Å². The summed E-state index contributed by atoms with van der Waals surface area (Å²) in [6.45, 7) is 4.76. The molecule has 0 aliphatic carbocycles. The van der Waals surface area contributed by atoms with Crippen molar-refractivity contribution >= 4 is 0 Å². The second kappa shape index (κ2) is 2.88. The second-order valence-electron chi connectivity index (χ2n) is 3.31. The smallest absolute Gasteiger partial charge is 0.181 e. The third-order valence-electron chi connectivity index (χ3n) is 2.20. The summed E-state index contributed by atoms with van der Waals surface area (Å²) in [4.78, 5) is 6.37. The Morgan fingerprint density at radius 3 is 3.00 bits per heavy atom. The molecule has 1 fully saturated rings. The molecule has 66 valence electrons. The summed E-state index contributed by atoms with van der Waals surface area (Å²) >= 11 is 0. The summed E-state index contributed by atoms with van der Waals surface area (Å²) in [7, 11) is 0. The number of likely N-dealkylation sites (tertiary alicyclic amines) is 1. The van der Waals surface area contributed by atoms with Gasteiger partial charge in [0.2, 0.25) is 0 Å². The van der Waals surface area contributed by atoms with E-state index in [1.807, 2.05) is 6.92 Å². The fraction of sp³-hybridized carbons (Fsp3) is 0.625. The highest BCUT2D eigenvalue weighted by atomic mass is 16.3. The van der Waals surface area contributed by atoms with Gasteiger partial charge in [-0.25, -0.2) is 4.98 Å². The van der Waals surface area contributed by atoms with Crippen LogP contribution in [0.15, 0.2) is 10.8 Å². The van der Waals surface area contributed by atoms with Crippen molar-refractivity contribution in [3.05, 3.63) is 17.8 Å². The number of hydrogen-bond donors (Lipinski definition) is 1. The maximum Gasteiger partial charge on any atom is 0.181 e. The standard InChI is InChI=1S/C8H13N3O/c1-6-8(10-5-12-6)4-11-2-7(9)3-11/h5,7H,2-4,9H2,1H3. The molecule has 0 saturated carbocycles. The molecule has 0 bridgehead atoms. The lowest BCUT2D eigenvalue weighted by Crippen LogP contribution is -2.54. The van der Waals surface area contributed by atoms with Gasteiger partial charge in [-0.05, 0) is 6.92 Å². The first kappa shape index (κ1) is 7.76. The number of oxazole rings is 1. The summed E-state index contributed by atoms with van der Waals surface area (Å²) in [5.74, 6) is 0.912. The predicted octanol–water partition coefficient (Wildman–Crippen LogP) is 0.126. The number of nitrogens with two attached hydrogens (primary N) is 1. The van der Waals surface area contributed by atoms with Crippen molar-refractivity contribution in [2.24, 2.45) is 5.73 Å². The van der Waals surface area contributed by atoms with Gasteiger partial charge in [-0.1, -0.05) is 0 Å². The average Bonchev–Trinajstić information content (AvgIpc) is 2.33. The zero-order valence-electron chi connectivity index (χ0n) is 7.16. The lowest BCUT2D eigenvalue weighted by Gasteiger charge is -2.36. The Balaban J connectivity index is 1.92. The van der Waals surface area contributed by atoms with Gasteiger partial charge in [-0.15, -0.1) is 0 Å². The molecule has 1 aliphatic heterocycles. The fourth-order valence-corrected chi connectivity index (χ4v) is 1.43. The molecule has 2 rings (SSSR count). The van der Waals surface area contributed by atoms with Crippen LogP contribution in [0.25, 0.3) is 0 Å². The van der Waals surface area contributed by atoms with Crippen LogP contribution in [0.4, 0.5) is 0 Å². The van der Waals surface area contributed by atoms with E-state index in [1.165, 1.54) is 6.39 Å². The Labute approximate surface area is 71.4 Å². The topological polar surface area (TPSA) is 55.3 Å². The molecule has 1 saturated heterocycles. The fourth-order valence-electron chi connectivity index (χ4n) is 1.43. The minimum absolute atomic E-state index is 0.359. The summed E-state index contributed by atoms with van der Waals surface area (Å²) in [6.07, 6.45) is 1.49. The van der Waals surface area contributed by atoms with E-state index < -0.39 is 0 Å². The lowest BCUT2D eigenvalue weighted by atomic mass is 10.1. The molecule has 2 heterocycles. The van der Waals surface area contributed by atoms with Crippen molar-refractivity contribution in [3.63, 3.8) is 0 Å². The highest BCUT2D eigenvalue weighted by Crippen LogP contribution is 2.13. The van der Waals surface area contributed by atoms with Gasteiger partial charge in [-0.2, -0.15) is 0 Å². The van der Waals surface area contributed by atoms with Crippen LogP contribution in [-0.2, 0) is 6.54 Å².